The Morgan fingerprint density at radius 2 is 2.09 bits per heavy atom. The number of pyridine rings is 1. The van der Waals surface area contributed by atoms with Crippen LogP contribution in [0.3, 0.4) is 0 Å². The van der Waals surface area contributed by atoms with Gasteiger partial charge in [0.05, 0.1) is 19.0 Å². The summed E-state index contributed by atoms with van der Waals surface area (Å²) in [5.74, 6) is 3.93. The van der Waals surface area contributed by atoms with Crippen LogP contribution in [0.1, 0.15) is 32.1 Å². The molecule has 5 heteroatoms. The molecule has 0 spiro atoms. The number of fused-ring (bicyclic) bond motifs is 5. The minimum absolute atomic E-state index is 0.112. The summed E-state index contributed by atoms with van der Waals surface area (Å²) in [5.41, 5.74) is 0.695. The molecule has 3 aliphatic rings. The lowest BCUT2D eigenvalue weighted by atomic mass is 9.79. The van der Waals surface area contributed by atoms with Gasteiger partial charge in [0.25, 0.3) is 0 Å². The van der Waals surface area contributed by atoms with E-state index in [1.54, 1.807) is 25.4 Å². The van der Waals surface area contributed by atoms with Gasteiger partial charge in [0.1, 0.15) is 0 Å². The Labute approximate surface area is 130 Å². The second-order valence-electron chi connectivity index (χ2n) is 6.95. The second-order valence-corrected chi connectivity index (χ2v) is 6.95. The highest BCUT2D eigenvalue weighted by Gasteiger charge is 2.54. The highest BCUT2D eigenvalue weighted by Crippen LogP contribution is 2.58. The summed E-state index contributed by atoms with van der Waals surface area (Å²) in [4.78, 5) is 16.3. The number of carbonyl (C=O) groups is 1. The molecule has 22 heavy (non-hydrogen) atoms. The summed E-state index contributed by atoms with van der Waals surface area (Å²) in [6.45, 7) is 0. The maximum absolute atomic E-state index is 12.2. The van der Waals surface area contributed by atoms with Gasteiger partial charge in [0, 0.05) is 12.1 Å². The monoisotopic (exact) mass is 301 g/mol. The Morgan fingerprint density at radius 3 is 2.86 bits per heavy atom. The van der Waals surface area contributed by atoms with Crippen LogP contribution in [-0.2, 0) is 0 Å². The summed E-state index contributed by atoms with van der Waals surface area (Å²) in [6.07, 6.45) is 8.28. The van der Waals surface area contributed by atoms with Gasteiger partial charge >= 0.3 is 6.03 Å². The summed E-state index contributed by atoms with van der Waals surface area (Å²) >= 11 is 0. The Kier molecular flexibility index (Phi) is 3.43. The van der Waals surface area contributed by atoms with Crippen molar-refractivity contribution in [3.8, 4) is 5.88 Å². The smallest absolute Gasteiger partial charge is 0.319 e. The Balaban J connectivity index is 1.34. The SMILES string of the molecule is COc1ccc(NC(=O)N[C@@H]2C[C@H]3C[C@H]2[C@@H]2CCC[C@@H]32)cn1. The van der Waals surface area contributed by atoms with E-state index in [0.29, 0.717) is 23.5 Å². The molecule has 5 nitrogen and oxygen atoms in total. The van der Waals surface area contributed by atoms with Gasteiger partial charge in [-0.15, -0.1) is 0 Å². The zero-order valence-corrected chi connectivity index (χ0v) is 12.9. The third-order valence-electron chi connectivity index (χ3n) is 5.95. The van der Waals surface area contributed by atoms with Gasteiger partial charge in [-0.1, -0.05) is 6.42 Å². The van der Waals surface area contributed by atoms with Crippen LogP contribution < -0.4 is 15.4 Å². The first-order valence-corrected chi connectivity index (χ1v) is 8.32. The number of methoxy groups -OCH3 is 1. The molecule has 0 aliphatic heterocycles. The molecule has 2 amide bonds. The first-order chi connectivity index (χ1) is 10.7. The molecule has 3 fully saturated rings. The molecule has 0 radical (unpaired) electrons. The molecule has 2 N–H and O–H groups in total. The van der Waals surface area contributed by atoms with E-state index in [1.807, 2.05) is 0 Å². The van der Waals surface area contributed by atoms with E-state index < -0.39 is 0 Å². The molecule has 5 atom stereocenters. The van der Waals surface area contributed by atoms with Crippen molar-refractivity contribution < 1.29 is 9.53 Å². The van der Waals surface area contributed by atoms with Gasteiger partial charge in [-0.05, 0) is 55.4 Å². The summed E-state index contributed by atoms with van der Waals surface area (Å²) in [5, 5.41) is 6.06. The maximum Gasteiger partial charge on any atom is 0.319 e. The average Bonchev–Trinajstić information content (AvgIpc) is 3.20. The molecular formula is C17H23N3O2. The van der Waals surface area contributed by atoms with E-state index in [-0.39, 0.29) is 6.03 Å². The zero-order chi connectivity index (χ0) is 15.1. The summed E-state index contributed by atoms with van der Waals surface area (Å²) in [6, 6.07) is 3.80. The standard InChI is InChI=1S/C17H23N3O2/c1-22-16-6-5-11(9-18-16)19-17(21)20-15-8-10-7-14(15)13-4-2-3-12(10)13/h5-6,9-10,12-15H,2-4,7-8H2,1H3,(H2,19,20,21)/t10-,12+,13-,14+,15-/m1/s1. The van der Waals surface area contributed by atoms with Crippen molar-refractivity contribution in [2.45, 2.75) is 38.1 Å². The fourth-order valence-electron chi connectivity index (χ4n) is 5.14. The number of nitrogens with one attached hydrogen (secondary N) is 2. The molecule has 0 aromatic carbocycles. The first kappa shape index (κ1) is 13.9. The largest absolute Gasteiger partial charge is 0.481 e. The van der Waals surface area contributed by atoms with Crippen LogP contribution in [0.25, 0.3) is 0 Å². The number of urea groups is 1. The van der Waals surface area contributed by atoms with Gasteiger partial charge < -0.3 is 15.4 Å². The van der Waals surface area contributed by atoms with Crippen LogP contribution in [0, 0.1) is 23.7 Å². The van der Waals surface area contributed by atoms with Crippen molar-refractivity contribution in [3.63, 3.8) is 0 Å². The van der Waals surface area contributed by atoms with Crippen molar-refractivity contribution >= 4 is 11.7 Å². The number of hydrogen-bond acceptors (Lipinski definition) is 3. The van der Waals surface area contributed by atoms with E-state index in [2.05, 4.69) is 15.6 Å². The fourth-order valence-corrected chi connectivity index (χ4v) is 5.14. The molecular weight excluding hydrogens is 278 g/mol. The van der Waals surface area contributed by atoms with Crippen molar-refractivity contribution in [3.05, 3.63) is 18.3 Å². The third-order valence-corrected chi connectivity index (χ3v) is 5.95. The van der Waals surface area contributed by atoms with Gasteiger partial charge in [-0.3, -0.25) is 0 Å². The molecule has 1 heterocycles. The Morgan fingerprint density at radius 1 is 1.23 bits per heavy atom. The molecule has 1 aromatic rings. The molecule has 4 rings (SSSR count). The molecule has 2 bridgehead atoms. The quantitative estimate of drug-likeness (QED) is 0.902. The van der Waals surface area contributed by atoms with Crippen molar-refractivity contribution in [2.75, 3.05) is 12.4 Å². The summed E-state index contributed by atoms with van der Waals surface area (Å²) < 4.78 is 5.02. The number of aromatic nitrogens is 1. The van der Waals surface area contributed by atoms with Crippen LogP contribution in [-0.4, -0.2) is 24.2 Å². The lowest BCUT2D eigenvalue weighted by Gasteiger charge is -2.32. The minimum atomic E-state index is -0.112. The van der Waals surface area contributed by atoms with Crippen molar-refractivity contribution in [1.82, 2.24) is 10.3 Å². The summed E-state index contributed by atoms with van der Waals surface area (Å²) in [7, 11) is 1.58. The number of ether oxygens (including phenoxy) is 1. The molecule has 0 saturated heterocycles. The van der Waals surface area contributed by atoms with Crippen LogP contribution in [0.4, 0.5) is 10.5 Å². The number of amides is 2. The fraction of sp³-hybridized carbons (Fsp3) is 0.647. The van der Waals surface area contributed by atoms with Gasteiger partial charge in [-0.25, -0.2) is 9.78 Å². The van der Waals surface area contributed by atoms with E-state index in [4.69, 9.17) is 4.74 Å². The van der Waals surface area contributed by atoms with Crippen LogP contribution in [0.5, 0.6) is 5.88 Å². The Hall–Kier alpha value is -1.78. The highest BCUT2D eigenvalue weighted by atomic mass is 16.5. The lowest BCUT2D eigenvalue weighted by Crippen LogP contribution is -2.44. The maximum atomic E-state index is 12.2. The first-order valence-electron chi connectivity index (χ1n) is 8.32. The predicted octanol–water partition coefficient (Wildman–Crippen LogP) is 3.04. The predicted molar refractivity (Wildman–Crippen MR) is 83.8 cm³/mol. The normalized spacial score (nSPS) is 35.2. The average molecular weight is 301 g/mol. The van der Waals surface area contributed by atoms with Crippen molar-refractivity contribution in [1.29, 1.82) is 0 Å². The molecule has 3 saturated carbocycles. The number of carbonyl (C=O) groups excluding carboxylic acids is 1. The van der Waals surface area contributed by atoms with E-state index in [0.717, 1.165) is 17.8 Å². The zero-order valence-electron chi connectivity index (χ0n) is 12.9. The van der Waals surface area contributed by atoms with Crippen LogP contribution >= 0.6 is 0 Å². The number of rotatable bonds is 3. The van der Waals surface area contributed by atoms with Crippen molar-refractivity contribution in [2.24, 2.45) is 23.7 Å². The van der Waals surface area contributed by atoms with E-state index >= 15 is 0 Å². The van der Waals surface area contributed by atoms with E-state index in [1.165, 1.54) is 32.1 Å². The number of nitrogens with zero attached hydrogens (tertiary/aromatic N) is 1. The van der Waals surface area contributed by atoms with E-state index in [9.17, 15) is 4.79 Å². The topological polar surface area (TPSA) is 63.2 Å². The van der Waals surface area contributed by atoms with Gasteiger partial charge in [-0.2, -0.15) is 0 Å². The lowest BCUT2D eigenvalue weighted by molar-refractivity contribution is 0.203. The van der Waals surface area contributed by atoms with Gasteiger partial charge in [0.2, 0.25) is 5.88 Å². The molecule has 118 valence electrons. The van der Waals surface area contributed by atoms with Crippen LogP contribution in [0.2, 0.25) is 0 Å². The third kappa shape index (κ3) is 2.32. The van der Waals surface area contributed by atoms with Crippen LogP contribution in [0.15, 0.2) is 18.3 Å². The second kappa shape index (κ2) is 5.45. The highest BCUT2D eigenvalue weighted by molar-refractivity contribution is 5.89. The minimum Gasteiger partial charge on any atom is -0.481 e. The molecule has 0 unspecified atom stereocenters. The number of anilines is 1. The molecule has 1 aromatic heterocycles. The molecule has 3 aliphatic carbocycles. The Bertz CT molecular complexity index is 560. The number of hydrogen-bond donors (Lipinski definition) is 2. The van der Waals surface area contributed by atoms with Gasteiger partial charge in [0.15, 0.2) is 0 Å².